The van der Waals surface area contributed by atoms with Gasteiger partial charge in [0, 0.05) is 52.4 Å². The third-order valence-electron chi connectivity index (χ3n) is 4.39. The molecule has 8 nitrogen and oxygen atoms in total. The van der Waals surface area contributed by atoms with Gasteiger partial charge in [-0.25, -0.2) is 0 Å². The monoisotopic (exact) mass is 386 g/mol. The van der Waals surface area contributed by atoms with Crippen LogP contribution in [0.3, 0.4) is 0 Å². The fourth-order valence-corrected chi connectivity index (χ4v) is 4.79. The summed E-state index contributed by atoms with van der Waals surface area (Å²) < 4.78 is 33.8. The summed E-state index contributed by atoms with van der Waals surface area (Å²) >= 11 is 0. The molecule has 0 saturated carbocycles. The predicted octanol–water partition coefficient (Wildman–Crippen LogP) is 0.994. The highest BCUT2D eigenvalue weighted by Crippen LogP contribution is 2.13. The van der Waals surface area contributed by atoms with Crippen molar-refractivity contribution < 1.29 is 17.6 Å². The van der Waals surface area contributed by atoms with Crippen LogP contribution < -0.4 is 5.32 Å². The molecule has 0 bridgehead atoms. The summed E-state index contributed by atoms with van der Waals surface area (Å²) in [6.07, 6.45) is 3.10. The van der Waals surface area contributed by atoms with E-state index in [-0.39, 0.29) is 5.91 Å². The molecule has 0 unspecified atom stereocenters. The zero-order valence-electron chi connectivity index (χ0n) is 15.7. The van der Waals surface area contributed by atoms with Crippen molar-refractivity contribution in [2.24, 2.45) is 0 Å². The topological polar surface area (TPSA) is 86.1 Å². The molecule has 26 heavy (non-hydrogen) atoms. The molecule has 2 heterocycles. The number of piperazine rings is 1. The molecular formula is C17H30N4O4S. The highest BCUT2D eigenvalue weighted by molar-refractivity contribution is 7.86. The third-order valence-corrected chi connectivity index (χ3v) is 6.42. The number of nitrogens with zero attached hydrogens (tertiary/aromatic N) is 3. The molecule has 0 aromatic carbocycles. The van der Waals surface area contributed by atoms with Crippen LogP contribution in [0.25, 0.3) is 0 Å². The van der Waals surface area contributed by atoms with Crippen molar-refractivity contribution in [1.29, 1.82) is 0 Å². The van der Waals surface area contributed by atoms with Crippen molar-refractivity contribution in [2.45, 2.75) is 26.7 Å². The number of amides is 1. The minimum absolute atomic E-state index is 0.231. The Bertz CT molecular complexity index is 634. The van der Waals surface area contributed by atoms with Gasteiger partial charge in [-0.2, -0.15) is 17.0 Å². The summed E-state index contributed by atoms with van der Waals surface area (Å²) in [7, 11) is -3.38. The number of carbonyl (C=O) groups excluding carboxylic acids is 1. The van der Waals surface area contributed by atoms with Gasteiger partial charge in [-0.05, 0) is 25.0 Å². The second-order valence-electron chi connectivity index (χ2n) is 6.38. The van der Waals surface area contributed by atoms with Gasteiger partial charge in [-0.15, -0.1) is 0 Å². The molecule has 9 heteroatoms. The summed E-state index contributed by atoms with van der Waals surface area (Å²) in [6, 6.07) is 3.30. The molecule has 1 aromatic rings. The van der Waals surface area contributed by atoms with Gasteiger partial charge in [-0.1, -0.05) is 13.8 Å². The third kappa shape index (κ3) is 5.54. The predicted molar refractivity (Wildman–Crippen MR) is 100 cm³/mol. The van der Waals surface area contributed by atoms with E-state index in [4.69, 9.17) is 4.42 Å². The summed E-state index contributed by atoms with van der Waals surface area (Å²) in [5.74, 6) is 0.0684. The van der Waals surface area contributed by atoms with Crippen molar-refractivity contribution in [3.05, 3.63) is 24.2 Å². The molecule has 0 spiro atoms. The smallest absolute Gasteiger partial charge is 0.287 e. The molecule has 0 atom stereocenters. The number of hydrogen-bond donors (Lipinski definition) is 1. The maximum absolute atomic E-state index is 12.8. The van der Waals surface area contributed by atoms with Crippen molar-refractivity contribution in [3.63, 3.8) is 0 Å². The van der Waals surface area contributed by atoms with Crippen LogP contribution in [0.15, 0.2) is 22.8 Å². The molecule has 0 aliphatic carbocycles. The number of rotatable bonds is 10. The van der Waals surface area contributed by atoms with Crippen LogP contribution in [-0.2, 0) is 10.2 Å². The van der Waals surface area contributed by atoms with Gasteiger partial charge in [-0.3, -0.25) is 9.69 Å². The molecule has 1 fully saturated rings. The van der Waals surface area contributed by atoms with Gasteiger partial charge in [0.05, 0.1) is 6.26 Å². The number of nitrogens with one attached hydrogen (secondary N) is 1. The van der Waals surface area contributed by atoms with Crippen LogP contribution in [-0.4, -0.2) is 80.2 Å². The SMILES string of the molecule is CCCN(CCC)S(=O)(=O)N1CCN(CCNC(=O)c2ccco2)CC1. The maximum Gasteiger partial charge on any atom is 0.287 e. The largest absolute Gasteiger partial charge is 0.459 e. The molecule has 2 rings (SSSR count). The normalized spacial score (nSPS) is 16.9. The Balaban J connectivity index is 1.76. The molecule has 1 aliphatic heterocycles. The summed E-state index contributed by atoms with van der Waals surface area (Å²) in [5.41, 5.74) is 0. The van der Waals surface area contributed by atoms with E-state index in [9.17, 15) is 13.2 Å². The second kappa shape index (κ2) is 10.1. The molecule has 0 radical (unpaired) electrons. The number of hydrogen-bond acceptors (Lipinski definition) is 5. The Morgan fingerprint density at radius 1 is 1.19 bits per heavy atom. The van der Waals surface area contributed by atoms with E-state index in [0.29, 0.717) is 58.1 Å². The molecule has 1 N–H and O–H groups in total. The molecule has 1 amide bonds. The van der Waals surface area contributed by atoms with Gasteiger partial charge in [0.25, 0.3) is 16.1 Å². The van der Waals surface area contributed by atoms with Gasteiger partial charge < -0.3 is 9.73 Å². The highest BCUT2D eigenvalue weighted by atomic mass is 32.2. The van der Waals surface area contributed by atoms with Gasteiger partial charge in [0.2, 0.25) is 0 Å². The van der Waals surface area contributed by atoms with E-state index in [1.165, 1.54) is 6.26 Å². The minimum Gasteiger partial charge on any atom is -0.459 e. The van der Waals surface area contributed by atoms with E-state index in [1.54, 1.807) is 20.7 Å². The zero-order chi connectivity index (χ0) is 19.0. The average Bonchev–Trinajstić information content (AvgIpc) is 3.17. The Morgan fingerprint density at radius 3 is 2.38 bits per heavy atom. The minimum atomic E-state index is -3.38. The molecular weight excluding hydrogens is 356 g/mol. The van der Waals surface area contributed by atoms with Gasteiger partial charge >= 0.3 is 0 Å². The first-order valence-electron chi connectivity index (χ1n) is 9.28. The van der Waals surface area contributed by atoms with Crippen LogP contribution in [0, 0.1) is 0 Å². The van der Waals surface area contributed by atoms with E-state index in [0.717, 1.165) is 12.8 Å². The summed E-state index contributed by atoms with van der Waals surface area (Å²) in [4.78, 5) is 14.0. The Morgan fingerprint density at radius 2 is 1.85 bits per heavy atom. The molecule has 1 aliphatic rings. The van der Waals surface area contributed by atoms with E-state index in [1.807, 2.05) is 13.8 Å². The van der Waals surface area contributed by atoms with Crippen molar-refractivity contribution in [1.82, 2.24) is 18.8 Å². The van der Waals surface area contributed by atoms with Crippen LogP contribution >= 0.6 is 0 Å². The van der Waals surface area contributed by atoms with Crippen molar-refractivity contribution in [2.75, 3.05) is 52.4 Å². The first-order chi connectivity index (χ1) is 12.5. The van der Waals surface area contributed by atoms with E-state index in [2.05, 4.69) is 10.2 Å². The lowest BCUT2D eigenvalue weighted by Gasteiger charge is -2.36. The van der Waals surface area contributed by atoms with Crippen LogP contribution in [0.5, 0.6) is 0 Å². The zero-order valence-corrected chi connectivity index (χ0v) is 16.5. The summed E-state index contributed by atoms with van der Waals surface area (Å²) in [5, 5.41) is 2.81. The number of carbonyl (C=O) groups is 1. The van der Waals surface area contributed by atoms with Crippen LogP contribution in [0.2, 0.25) is 0 Å². The first kappa shape index (κ1) is 20.9. The Kier molecular flexibility index (Phi) is 8.08. The quantitative estimate of drug-likeness (QED) is 0.648. The standard InChI is InChI=1S/C17H30N4O4S/c1-3-8-20(9-4-2)26(23,24)21-13-11-19(12-14-21)10-7-18-17(22)16-6-5-15-25-16/h5-6,15H,3-4,7-14H2,1-2H3,(H,18,22). The van der Waals surface area contributed by atoms with Gasteiger partial charge in [0.15, 0.2) is 5.76 Å². The fourth-order valence-electron chi connectivity index (χ4n) is 3.01. The Hall–Kier alpha value is -1.42. The number of furan rings is 1. The van der Waals surface area contributed by atoms with Crippen molar-refractivity contribution >= 4 is 16.1 Å². The lowest BCUT2D eigenvalue weighted by atomic mass is 10.3. The maximum atomic E-state index is 12.8. The second-order valence-corrected chi connectivity index (χ2v) is 8.31. The average molecular weight is 387 g/mol. The lowest BCUT2D eigenvalue weighted by Crippen LogP contribution is -2.54. The van der Waals surface area contributed by atoms with Crippen LogP contribution in [0.4, 0.5) is 0 Å². The molecule has 1 aromatic heterocycles. The van der Waals surface area contributed by atoms with Crippen molar-refractivity contribution in [3.8, 4) is 0 Å². The molecule has 1 saturated heterocycles. The van der Waals surface area contributed by atoms with Gasteiger partial charge in [0.1, 0.15) is 0 Å². The Labute approximate surface area is 156 Å². The fraction of sp³-hybridized carbons (Fsp3) is 0.706. The lowest BCUT2D eigenvalue weighted by molar-refractivity contribution is 0.0917. The van der Waals surface area contributed by atoms with Crippen LogP contribution in [0.1, 0.15) is 37.2 Å². The highest BCUT2D eigenvalue weighted by Gasteiger charge is 2.31. The van der Waals surface area contributed by atoms with E-state index >= 15 is 0 Å². The van der Waals surface area contributed by atoms with E-state index < -0.39 is 10.2 Å². The summed E-state index contributed by atoms with van der Waals surface area (Å²) in [6.45, 7) is 8.61. The first-order valence-corrected chi connectivity index (χ1v) is 10.7. The molecule has 148 valence electrons.